The summed E-state index contributed by atoms with van der Waals surface area (Å²) in [5, 5.41) is 10.9. The predicted molar refractivity (Wildman–Crippen MR) is 79.4 cm³/mol. The van der Waals surface area contributed by atoms with Crippen LogP contribution in [0, 0.1) is 5.41 Å². The molecule has 0 atom stereocenters. The third-order valence-corrected chi connectivity index (χ3v) is 4.89. The molecule has 0 unspecified atom stereocenters. The molecule has 0 radical (unpaired) electrons. The van der Waals surface area contributed by atoms with Gasteiger partial charge in [0, 0.05) is 19.0 Å². The van der Waals surface area contributed by atoms with Crippen molar-refractivity contribution in [3.8, 4) is 0 Å². The van der Waals surface area contributed by atoms with Crippen LogP contribution in [0.1, 0.15) is 50.3 Å². The van der Waals surface area contributed by atoms with Crippen LogP contribution in [0.25, 0.3) is 0 Å². The van der Waals surface area contributed by atoms with E-state index in [1.54, 1.807) is 0 Å². The third-order valence-electron chi connectivity index (χ3n) is 4.89. The Bertz CT molecular complexity index is 560. The van der Waals surface area contributed by atoms with Crippen LogP contribution in [0.3, 0.4) is 0 Å². The van der Waals surface area contributed by atoms with E-state index in [1.165, 1.54) is 25.7 Å². The molecule has 1 aromatic rings. The van der Waals surface area contributed by atoms with Crippen molar-refractivity contribution in [2.75, 3.05) is 25.0 Å². The fraction of sp³-hybridized carbons (Fsp3) is 0.800. The number of hydrogen-bond acceptors (Lipinski definition) is 5. The summed E-state index contributed by atoms with van der Waals surface area (Å²) < 4.78 is 34.5. The minimum Gasteiger partial charge on any atom is -0.408 e. The molecule has 134 valence electrons. The summed E-state index contributed by atoms with van der Waals surface area (Å²) in [4.78, 5) is 14.1. The van der Waals surface area contributed by atoms with E-state index in [-0.39, 0.29) is 12.5 Å². The smallest absolute Gasteiger partial charge is 0.379 e. The molecule has 4 rings (SSSR count). The maximum atomic E-state index is 12.1. The number of aromatic nitrogens is 2. The second-order valence-corrected chi connectivity index (χ2v) is 6.70. The minimum absolute atomic E-state index is 0.131. The molecule has 0 aromatic carbocycles. The molecule has 2 saturated carbocycles. The van der Waals surface area contributed by atoms with Gasteiger partial charge in [-0.15, -0.1) is 5.10 Å². The Morgan fingerprint density at radius 2 is 1.83 bits per heavy atom. The average molecular weight is 346 g/mol. The van der Waals surface area contributed by atoms with Gasteiger partial charge in [-0.1, -0.05) is 5.10 Å². The predicted octanol–water partition coefficient (Wildman–Crippen LogP) is 2.94. The summed E-state index contributed by atoms with van der Waals surface area (Å²) in [7, 11) is 0. The Labute approximate surface area is 137 Å². The van der Waals surface area contributed by atoms with Crippen molar-refractivity contribution in [3.05, 3.63) is 5.89 Å². The molecule has 1 aromatic heterocycles. The van der Waals surface area contributed by atoms with Crippen molar-refractivity contribution in [1.29, 1.82) is 0 Å². The molecule has 1 aliphatic heterocycles. The zero-order chi connectivity index (χ0) is 17.2. The number of hydrogen-bond donors (Lipinski definition) is 1. The molecule has 2 aliphatic carbocycles. The number of piperidine rings is 1. The first-order chi connectivity index (χ1) is 11.5. The summed E-state index contributed by atoms with van der Waals surface area (Å²) in [5.41, 5.74) is 0.607. The molecule has 24 heavy (non-hydrogen) atoms. The summed E-state index contributed by atoms with van der Waals surface area (Å²) in [6.07, 6.45) is 7.33. The van der Waals surface area contributed by atoms with Crippen molar-refractivity contribution in [3.63, 3.8) is 0 Å². The normalized spacial score (nSPS) is 21.4. The quantitative estimate of drug-likeness (QED) is 0.908. The van der Waals surface area contributed by atoms with E-state index in [1.807, 2.05) is 4.90 Å². The van der Waals surface area contributed by atoms with Gasteiger partial charge in [0.15, 0.2) is 0 Å². The number of nitrogens with one attached hydrogen (secondary N) is 1. The lowest BCUT2D eigenvalue weighted by Crippen LogP contribution is -2.41. The van der Waals surface area contributed by atoms with Gasteiger partial charge in [0.1, 0.15) is 0 Å². The van der Waals surface area contributed by atoms with E-state index in [0.29, 0.717) is 23.2 Å². The number of likely N-dealkylation sites (tertiary alicyclic amines) is 1. The van der Waals surface area contributed by atoms with Crippen LogP contribution in [0.5, 0.6) is 0 Å². The van der Waals surface area contributed by atoms with E-state index in [4.69, 9.17) is 4.42 Å². The number of nitrogens with zero attached hydrogens (tertiary/aromatic N) is 3. The second kappa shape index (κ2) is 6.98. The number of amides is 1. The molecule has 3 fully saturated rings. The van der Waals surface area contributed by atoms with Crippen LogP contribution < -0.4 is 5.32 Å². The van der Waals surface area contributed by atoms with E-state index < -0.39 is 6.68 Å². The molecule has 1 N–H and O–H groups in total. The lowest BCUT2D eigenvalue weighted by atomic mass is 9.94. The first-order valence-electron chi connectivity index (χ1n) is 8.25. The standard InChI is InChI=1S/C14H20N4O2.CHF3/c19-11(18-7-5-14(3-4-14)6-8-18)9-15-13-17-16-12(20-13)10-1-2-10;2-1(3)4/h10H,1-9H2,(H,15,17);1H. The zero-order valence-corrected chi connectivity index (χ0v) is 13.3. The molecule has 1 spiro atoms. The fourth-order valence-electron chi connectivity index (χ4n) is 2.97. The Kier molecular flexibility index (Phi) is 4.96. The molecule has 0 bridgehead atoms. The van der Waals surface area contributed by atoms with Gasteiger partial charge in [0.05, 0.1) is 6.54 Å². The summed E-state index contributed by atoms with van der Waals surface area (Å²) in [6, 6.07) is 0.371. The SMILES string of the molecule is FC(F)F.O=C(CNc1nnc(C2CC2)o1)N1CCC2(CC1)CC2. The Balaban J connectivity index is 0.000000383. The Morgan fingerprint density at radius 1 is 1.21 bits per heavy atom. The zero-order valence-electron chi connectivity index (χ0n) is 13.3. The summed E-state index contributed by atoms with van der Waals surface area (Å²) in [6.45, 7) is -1.62. The van der Waals surface area contributed by atoms with Gasteiger partial charge in [0.25, 0.3) is 0 Å². The molecule has 6 nitrogen and oxygen atoms in total. The van der Waals surface area contributed by atoms with Gasteiger partial charge in [-0.2, -0.15) is 13.2 Å². The largest absolute Gasteiger partial charge is 0.408 e. The number of carbonyl (C=O) groups is 1. The monoisotopic (exact) mass is 346 g/mol. The fourth-order valence-corrected chi connectivity index (χ4v) is 2.97. The van der Waals surface area contributed by atoms with Gasteiger partial charge >= 0.3 is 12.7 Å². The molecule has 9 heteroatoms. The van der Waals surface area contributed by atoms with Crippen LogP contribution in [0.4, 0.5) is 19.2 Å². The van der Waals surface area contributed by atoms with Crippen LogP contribution in [-0.4, -0.2) is 47.3 Å². The van der Waals surface area contributed by atoms with Gasteiger partial charge in [0.2, 0.25) is 11.8 Å². The van der Waals surface area contributed by atoms with Gasteiger partial charge in [-0.25, -0.2) is 0 Å². The van der Waals surface area contributed by atoms with Crippen molar-refractivity contribution in [2.45, 2.75) is 51.1 Å². The van der Waals surface area contributed by atoms with E-state index in [9.17, 15) is 18.0 Å². The lowest BCUT2D eigenvalue weighted by Gasteiger charge is -2.32. The van der Waals surface area contributed by atoms with Crippen LogP contribution in [0.2, 0.25) is 0 Å². The third kappa shape index (κ3) is 4.61. The number of halogens is 3. The molecule has 3 aliphatic rings. The molecule has 2 heterocycles. The second-order valence-electron chi connectivity index (χ2n) is 6.70. The van der Waals surface area contributed by atoms with Crippen molar-refractivity contribution in [1.82, 2.24) is 15.1 Å². The lowest BCUT2D eigenvalue weighted by molar-refractivity contribution is -0.130. The topological polar surface area (TPSA) is 71.3 Å². The number of carbonyl (C=O) groups excluding carboxylic acids is 1. The maximum absolute atomic E-state index is 12.1. The van der Waals surface area contributed by atoms with Gasteiger partial charge in [-0.05, 0) is 43.9 Å². The van der Waals surface area contributed by atoms with E-state index in [2.05, 4.69) is 15.5 Å². The van der Waals surface area contributed by atoms with Crippen molar-refractivity contribution in [2.24, 2.45) is 5.41 Å². The molecular weight excluding hydrogens is 325 g/mol. The molecule has 1 amide bonds. The van der Waals surface area contributed by atoms with Crippen LogP contribution in [-0.2, 0) is 4.79 Å². The number of rotatable bonds is 4. The highest BCUT2D eigenvalue weighted by atomic mass is 19.4. The average Bonchev–Trinajstić information content (AvgIpc) is 3.47. The Hall–Kier alpha value is -1.80. The minimum atomic E-state index is -3.67. The van der Waals surface area contributed by atoms with E-state index in [0.717, 1.165) is 25.9 Å². The highest BCUT2D eigenvalue weighted by Gasteiger charge is 2.45. The first-order valence-corrected chi connectivity index (χ1v) is 8.25. The highest BCUT2D eigenvalue weighted by molar-refractivity contribution is 5.80. The van der Waals surface area contributed by atoms with Gasteiger partial charge < -0.3 is 14.6 Å². The summed E-state index contributed by atoms with van der Waals surface area (Å²) >= 11 is 0. The van der Waals surface area contributed by atoms with Crippen molar-refractivity contribution < 1.29 is 22.4 Å². The first kappa shape index (κ1) is 17.0. The van der Waals surface area contributed by atoms with Crippen molar-refractivity contribution >= 4 is 11.9 Å². The Morgan fingerprint density at radius 3 is 2.38 bits per heavy atom. The number of alkyl halides is 3. The summed E-state index contributed by atoms with van der Waals surface area (Å²) in [5.74, 6) is 1.28. The van der Waals surface area contributed by atoms with Gasteiger partial charge in [-0.3, -0.25) is 4.79 Å². The van der Waals surface area contributed by atoms with E-state index >= 15 is 0 Å². The molecule has 1 saturated heterocycles. The molecular formula is C15H21F3N4O2. The van der Waals surface area contributed by atoms with Crippen LogP contribution in [0.15, 0.2) is 4.42 Å². The number of anilines is 1. The highest BCUT2D eigenvalue weighted by Crippen LogP contribution is 2.53. The van der Waals surface area contributed by atoms with Crippen LogP contribution >= 0.6 is 0 Å². The maximum Gasteiger partial charge on any atom is 0.379 e.